The van der Waals surface area contributed by atoms with Crippen LogP contribution in [0.4, 0.5) is 11.8 Å². The number of benzene rings is 1. The van der Waals surface area contributed by atoms with E-state index in [2.05, 4.69) is 15.3 Å². The third-order valence-electron chi connectivity index (χ3n) is 5.62. The zero-order chi connectivity index (χ0) is 24.9. The number of nitrogens with two attached hydrogens (primary N) is 1. The van der Waals surface area contributed by atoms with Crippen LogP contribution in [0.25, 0.3) is 10.8 Å². The van der Waals surface area contributed by atoms with Gasteiger partial charge in [0.25, 0.3) is 17.4 Å². The minimum absolute atomic E-state index is 0.0436. The van der Waals surface area contributed by atoms with Gasteiger partial charge in [0, 0.05) is 37.4 Å². The number of carbonyl (C=O) groups excluding carboxylic acids is 2. The van der Waals surface area contributed by atoms with Crippen molar-refractivity contribution in [2.45, 2.75) is 13.5 Å². The first-order valence-electron chi connectivity index (χ1n) is 11.0. The Balaban J connectivity index is 1.66. The van der Waals surface area contributed by atoms with Crippen LogP contribution in [0, 0.1) is 0 Å². The van der Waals surface area contributed by atoms with E-state index >= 15 is 0 Å². The van der Waals surface area contributed by atoms with Crippen molar-refractivity contribution >= 4 is 34.4 Å². The van der Waals surface area contributed by atoms with Crippen molar-refractivity contribution < 1.29 is 23.8 Å². The van der Waals surface area contributed by atoms with E-state index in [0.717, 1.165) is 0 Å². The van der Waals surface area contributed by atoms with Crippen molar-refractivity contribution in [3.8, 4) is 11.5 Å². The van der Waals surface area contributed by atoms with Crippen LogP contribution < -0.4 is 26.1 Å². The number of anilines is 2. The molecule has 3 N–H and O–H groups in total. The maximum Gasteiger partial charge on any atom is 0.260 e. The predicted molar refractivity (Wildman–Crippen MR) is 128 cm³/mol. The summed E-state index contributed by atoms with van der Waals surface area (Å²) >= 11 is 0. The monoisotopic (exact) mass is 482 g/mol. The largest absolute Gasteiger partial charge is 0.492 e. The number of hydrogen-bond donors (Lipinski definition) is 2. The van der Waals surface area contributed by atoms with Crippen LogP contribution in [0.15, 0.2) is 35.4 Å². The number of carbonyl (C=O) groups is 2. The molecule has 2 amide bonds. The van der Waals surface area contributed by atoms with Crippen LogP contribution >= 0.6 is 0 Å². The molecule has 0 saturated carbocycles. The normalized spacial score (nSPS) is 13.5. The Bertz CT molecular complexity index is 1300. The van der Waals surface area contributed by atoms with Gasteiger partial charge in [-0.2, -0.15) is 0 Å². The number of morpholine rings is 1. The molecule has 12 nitrogen and oxygen atoms in total. The molecule has 35 heavy (non-hydrogen) atoms. The highest BCUT2D eigenvalue weighted by atomic mass is 16.5. The molecule has 1 saturated heterocycles. The number of fused-ring (bicyclic) bond motifs is 1. The van der Waals surface area contributed by atoms with Crippen molar-refractivity contribution in [1.82, 2.24) is 19.4 Å². The lowest BCUT2D eigenvalue weighted by Crippen LogP contribution is -2.43. The molecule has 1 aliphatic heterocycles. The highest BCUT2D eigenvalue weighted by Crippen LogP contribution is 2.35. The summed E-state index contributed by atoms with van der Waals surface area (Å²) in [6.07, 6.45) is 2.59. The van der Waals surface area contributed by atoms with E-state index in [1.807, 2.05) is 0 Å². The number of methoxy groups -OCH3 is 1. The molecule has 4 rings (SSSR count). The van der Waals surface area contributed by atoms with E-state index in [4.69, 9.17) is 19.9 Å². The Labute approximate surface area is 200 Å². The maximum absolute atomic E-state index is 13.2. The number of nitrogen functional groups attached to an aromatic ring is 1. The van der Waals surface area contributed by atoms with Crippen LogP contribution in [0.2, 0.25) is 0 Å². The Morgan fingerprint density at radius 3 is 2.54 bits per heavy atom. The highest BCUT2D eigenvalue weighted by Gasteiger charge is 2.21. The number of nitrogens with one attached hydrogen (secondary N) is 1. The number of nitrogens with zero attached hydrogens (tertiary/aromatic N) is 4. The van der Waals surface area contributed by atoms with Crippen molar-refractivity contribution in [3.63, 3.8) is 0 Å². The fraction of sp³-hybridized carbons (Fsp3) is 0.348. The van der Waals surface area contributed by atoms with Crippen LogP contribution in [0.5, 0.6) is 11.5 Å². The zero-order valence-corrected chi connectivity index (χ0v) is 19.4. The Hall–Kier alpha value is -4.19. The maximum atomic E-state index is 13.2. The smallest absolute Gasteiger partial charge is 0.260 e. The molecule has 1 aromatic carbocycles. The Morgan fingerprint density at radius 2 is 1.89 bits per heavy atom. The van der Waals surface area contributed by atoms with Gasteiger partial charge in [-0.25, -0.2) is 9.97 Å². The third kappa shape index (κ3) is 5.01. The summed E-state index contributed by atoms with van der Waals surface area (Å²) in [6.45, 7) is 3.93. The molecule has 0 atom stereocenters. The standard InChI is InChI=1S/C23H26N6O6/c1-3-29-18(27-21(31)14-11-25-23(24)26-12-14)10-16-15(22(29)32)4-5-17(20(16)33-2)35-13-19(30)28-6-8-34-9-7-28/h4-5,10-12H,3,6-9,13H2,1-2H3,(H,27,31)(H2,24,25,26). The molecular weight excluding hydrogens is 456 g/mol. The van der Waals surface area contributed by atoms with Crippen molar-refractivity contribution in [1.29, 1.82) is 0 Å². The summed E-state index contributed by atoms with van der Waals surface area (Å²) in [6, 6.07) is 4.84. The first kappa shape index (κ1) is 24.0. The molecule has 1 aliphatic rings. The fourth-order valence-electron chi connectivity index (χ4n) is 3.81. The molecule has 0 bridgehead atoms. The topological polar surface area (TPSA) is 151 Å². The van der Waals surface area contributed by atoms with E-state index in [-0.39, 0.29) is 41.2 Å². The second kappa shape index (κ2) is 10.4. The van der Waals surface area contributed by atoms with Crippen LogP contribution in [-0.2, 0) is 16.1 Å². The summed E-state index contributed by atoms with van der Waals surface area (Å²) in [5.74, 6) is 0.209. The second-order valence-corrected chi connectivity index (χ2v) is 7.70. The molecule has 0 spiro atoms. The average Bonchev–Trinajstić information content (AvgIpc) is 2.88. The summed E-state index contributed by atoms with van der Waals surface area (Å²) in [5, 5.41) is 3.54. The summed E-state index contributed by atoms with van der Waals surface area (Å²) < 4.78 is 18.0. The van der Waals surface area contributed by atoms with Gasteiger partial charge in [0.15, 0.2) is 18.1 Å². The van der Waals surface area contributed by atoms with Gasteiger partial charge in [0.2, 0.25) is 5.95 Å². The number of amides is 2. The van der Waals surface area contributed by atoms with Gasteiger partial charge in [-0.3, -0.25) is 19.0 Å². The van der Waals surface area contributed by atoms with Crippen molar-refractivity contribution in [3.05, 3.63) is 46.5 Å². The molecule has 12 heteroatoms. The van der Waals surface area contributed by atoms with Gasteiger partial charge in [-0.05, 0) is 25.1 Å². The van der Waals surface area contributed by atoms with E-state index in [1.54, 1.807) is 30.0 Å². The first-order chi connectivity index (χ1) is 16.9. The van der Waals surface area contributed by atoms with E-state index < -0.39 is 5.91 Å². The van der Waals surface area contributed by atoms with Gasteiger partial charge >= 0.3 is 0 Å². The molecule has 0 unspecified atom stereocenters. The quantitative estimate of drug-likeness (QED) is 0.500. The van der Waals surface area contributed by atoms with Crippen LogP contribution in [0.3, 0.4) is 0 Å². The van der Waals surface area contributed by atoms with Crippen molar-refractivity contribution in [2.75, 3.05) is 51.1 Å². The Morgan fingerprint density at radius 1 is 1.17 bits per heavy atom. The van der Waals surface area contributed by atoms with Gasteiger partial charge in [-0.15, -0.1) is 0 Å². The lowest BCUT2D eigenvalue weighted by molar-refractivity contribution is -0.137. The second-order valence-electron chi connectivity index (χ2n) is 7.70. The van der Waals surface area contributed by atoms with Crippen LogP contribution in [0.1, 0.15) is 17.3 Å². The molecule has 0 aliphatic carbocycles. The predicted octanol–water partition coefficient (Wildman–Crippen LogP) is 0.892. The van der Waals surface area contributed by atoms with Gasteiger partial charge in [0.1, 0.15) is 5.82 Å². The number of rotatable bonds is 7. The summed E-state index contributed by atoms with van der Waals surface area (Å²) in [5.41, 5.74) is 5.35. The highest BCUT2D eigenvalue weighted by molar-refractivity contribution is 6.04. The first-order valence-corrected chi connectivity index (χ1v) is 11.0. The summed E-state index contributed by atoms with van der Waals surface area (Å²) in [4.78, 5) is 47.7. The zero-order valence-electron chi connectivity index (χ0n) is 19.4. The average molecular weight is 482 g/mol. The molecular formula is C23H26N6O6. The SMILES string of the molecule is CCn1c(NC(=O)c2cnc(N)nc2)cc2c(OC)c(OCC(=O)N3CCOCC3)ccc2c1=O. The number of hydrogen-bond acceptors (Lipinski definition) is 9. The van der Waals surface area contributed by atoms with Gasteiger partial charge in [0.05, 0.1) is 31.3 Å². The van der Waals surface area contributed by atoms with Gasteiger partial charge < -0.3 is 30.2 Å². The lowest BCUT2D eigenvalue weighted by Gasteiger charge is -2.26. The van der Waals surface area contributed by atoms with E-state index in [1.165, 1.54) is 24.1 Å². The molecule has 0 radical (unpaired) electrons. The molecule has 3 heterocycles. The number of aromatic nitrogens is 3. The third-order valence-corrected chi connectivity index (χ3v) is 5.62. The van der Waals surface area contributed by atoms with E-state index in [0.29, 0.717) is 49.4 Å². The minimum Gasteiger partial charge on any atom is -0.492 e. The lowest BCUT2D eigenvalue weighted by atomic mass is 10.1. The molecule has 1 fully saturated rings. The fourth-order valence-corrected chi connectivity index (χ4v) is 3.81. The van der Waals surface area contributed by atoms with Crippen molar-refractivity contribution in [2.24, 2.45) is 0 Å². The molecule has 184 valence electrons. The molecule has 2 aromatic heterocycles. The number of ether oxygens (including phenoxy) is 3. The van der Waals surface area contributed by atoms with E-state index in [9.17, 15) is 14.4 Å². The minimum atomic E-state index is -0.506. The molecule has 3 aromatic rings. The van der Waals surface area contributed by atoms with Gasteiger partial charge in [-0.1, -0.05) is 0 Å². The Kier molecular flexibility index (Phi) is 7.11. The number of pyridine rings is 1. The summed E-state index contributed by atoms with van der Waals surface area (Å²) in [7, 11) is 1.45. The van der Waals surface area contributed by atoms with Crippen LogP contribution in [-0.4, -0.2) is 71.3 Å².